The van der Waals surface area contributed by atoms with Crippen LogP contribution in [0.2, 0.25) is 0 Å². The zero-order valence-corrected chi connectivity index (χ0v) is 13.9. The van der Waals surface area contributed by atoms with Crippen molar-refractivity contribution in [1.29, 1.82) is 0 Å². The second kappa shape index (κ2) is 5.67. The van der Waals surface area contributed by atoms with E-state index in [1.54, 1.807) is 13.8 Å². The van der Waals surface area contributed by atoms with E-state index in [0.717, 1.165) is 6.42 Å². The molecule has 0 bridgehead atoms. The molecule has 1 aromatic rings. The van der Waals surface area contributed by atoms with Crippen LogP contribution in [0.1, 0.15) is 23.5 Å². The lowest BCUT2D eigenvalue weighted by Crippen LogP contribution is -2.34. The van der Waals surface area contributed by atoms with Gasteiger partial charge in [0.15, 0.2) is 0 Å². The van der Waals surface area contributed by atoms with E-state index >= 15 is 0 Å². The summed E-state index contributed by atoms with van der Waals surface area (Å²) in [6.07, 6.45) is 0.846. The molecule has 7 heteroatoms. The van der Waals surface area contributed by atoms with Crippen molar-refractivity contribution >= 4 is 21.6 Å². The lowest BCUT2D eigenvalue weighted by Gasteiger charge is -2.20. The Bertz CT molecular complexity index is 595. The van der Waals surface area contributed by atoms with Crippen LogP contribution in [0.4, 0.5) is 0 Å². The molecule has 0 N–H and O–H groups in total. The first-order chi connectivity index (χ1) is 9.28. The smallest absolute Gasteiger partial charge is 0.246 e. The zero-order valence-electron chi connectivity index (χ0n) is 12.3. The lowest BCUT2D eigenvalue weighted by molar-refractivity contribution is 0.302. The fourth-order valence-electron chi connectivity index (χ4n) is 2.68. The normalized spacial score (nSPS) is 21.0. The van der Waals surface area contributed by atoms with Crippen molar-refractivity contribution in [3.8, 4) is 0 Å². The SMILES string of the molecule is Cc1oc(C)c(S(=O)(=O)N2CCC(N(C)C)C2)c1CCl. The van der Waals surface area contributed by atoms with Gasteiger partial charge in [0.1, 0.15) is 16.4 Å². The molecule has 5 nitrogen and oxygen atoms in total. The van der Waals surface area contributed by atoms with Gasteiger partial charge in [-0.2, -0.15) is 4.31 Å². The number of rotatable bonds is 4. The summed E-state index contributed by atoms with van der Waals surface area (Å²) in [6.45, 7) is 4.48. The molecule has 1 unspecified atom stereocenters. The van der Waals surface area contributed by atoms with Crippen molar-refractivity contribution in [3.63, 3.8) is 0 Å². The average molecular weight is 321 g/mol. The fourth-order valence-corrected chi connectivity index (χ4v) is 4.99. The van der Waals surface area contributed by atoms with E-state index in [-0.39, 0.29) is 16.8 Å². The van der Waals surface area contributed by atoms with E-state index in [0.29, 0.717) is 30.2 Å². The predicted molar refractivity (Wildman–Crippen MR) is 78.6 cm³/mol. The minimum atomic E-state index is -3.53. The highest BCUT2D eigenvalue weighted by Gasteiger charge is 2.37. The molecular weight excluding hydrogens is 300 g/mol. The number of hydrogen-bond acceptors (Lipinski definition) is 4. The molecule has 2 heterocycles. The first kappa shape index (κ1) is 15.8. The Kier molecular flexibility index (Phi) is 4.49. The van der Waals surface area contributed by atoms with E-state index < -0.39 is 10.0 Å². The molecule has 1 aliphatic rings. The van der Waals surface area contributed by atoms with Crippen LogP contribution in [-0.2, 0) is 15.9 Å². The lowest BCUT2D eigenvalue weighted by atomic mass is 10.2. The zero-order chi connectivity index (χ0) is 15.1. The Labute approximate surface area is 125 Å². The molecule has 0 saturated carbocycles. The third-order valence-corrected chi connectivity index (χ3v) is 6.24. The highest BCUT2D eigenvalue weighted by atomic mass is 35.5. The van der Waals surface area contributed by atoms with Gasteiger partial charge in [-0.1, -0.05) is 0 Å². The molecule has 1 aromatic heterocycles. The molecule has 1 aliphatic heterocycles. The molecule has 1 saturated heterocycles. The Hall–Kier alpha value is -0.560. The van der Waals surface area contributed by atoms with Crippen molar-refractivity contribution in [1.82, 2.24) is 9.21 Å². The van der Waals surface area contributed by atoms with E-state index in [1.165, 1.54) is 4.31 Å². The van der Waals surface area contributed by atoms with E-state index in [9.17, 15) is 8.42 Å². The maximum Gasteiger partial charge on any atom is 0.246 e. The van der Waals surface area contributed by atoms with E-state index in [2.05, 4.69) is 4.90 Å². The summed E-state index contributed by atoms with van der Waals surface area (Å²) >= 11 is 5.89. The van der Waals surface area contributed by atoms with Crippen LogP contribution in [0.25, 0.3) is 0 Å². The molecule has 0 spiro atoms. The number of halogens is 1. The van der Waals surface area contributed by atoms with Gasteiger partial charge in [-0.05, 0) is 34.4 Å². The van der Waals surface area contributed by atoms with Gasteiger partial charge in [0.05, 0.1) is 5.88 Å². The van der Waals surface area contributed by atoms with Crippen LogP contribution in [0.3, 0.4) is 0 Å². The topological polar surface area (TPSA) is 53.8 Å². The van der Waals surface area contributed by atoms with Gasteiger partial charge in [-0.25, -0.2) is 8.42 Å². The second-order valence-corrected chi connectivity index (χ2v) is 7.57. The van der Waals surface area contributed by atoms with Crippen LogP contribution < -0.4 is 0 Å². The molecule has 20 heavy (non-hydrogen) atoms. The van der Waals surface area contributed by atoms with Gasteiger partial charge < -0.3 is 9.32 Å². The van der Waals surface area contributed by atoms with Crippen LogP contribution >= 0.6 is 11.6 Å². The standard InChI is InChI=1S/C13H21ClN2O3S/c1-9-12(7-14)13(10(2)19-9)20(17,18)16-6-5-11(8-16)15(3)4/h11H,5-8H2,1-4H3. The number of aryl methyl sites for hydroxylation is 2. The number of nitrogens with zero attached hydrogens (tertiary/aromatic N) is 2. The Morgan fingerprint density at radius 2 is 2.00 bits per heavy atom. The molecule has 114 valence electrons. The van der Waals surface area contributed by atoms with E-state index in [1.807, 2.05) is 14.1 Å². The van der Waals surface area contributed by atoms with Gasteiger partial charge in [0, 0.05) is 24.7 Å². The maximum atomic E-state index is 12.8. The maximum absolute atomic E-state index is 12.8. The molecule has 0 aromatic carbocycles. The molecule has 0 aliphatic carbocycles. The highest BCUT2D eigenvalue weighted by molar-refractivity contribution is 7.89. The Balaban J connectivity index is 2.37. The van der Waals surface area contributed by atoms with Gasteiger partial charge >= 0.3 is 0 Å². The summed E-state index contributed by atoms with van der Waals surface area (Å²) in [4.78, 5) is 2.32. The molecule has 0 amide bonds. The summed E-state index contributed by atoms with van der Waals surface area (Å²) in [6, 6.07) is 0.262. The number of sulfonamides is 1. The fraction of sp³-hybridized carbons (Fsp3) is 0.692. The molecule has 1 fully saturated rings. The summed E-state index contributed by atoms with van der Waals surface area (Å²) in [5, 5.41) is 0. The Morgan fingerprint density at radius 1 is 1.35 bits per heavy atom. The van der Waals surface area contributed by atoms with E-state index in [4.69, 9.17) is 16.0 Å². The number of alkyl halides is 1. The molecule has 2 rings (SSSR count). The minimum Gasteiger partial charge on any atom is -0.465 e. The van der Waals surface area contributed by atoms with Crippen molar-refractivity contribution in [2.45, 2.75) is 37.1 Å². The molecule has 1 atom stereocenters. The summed E-state index contributed by atoms with van der Waals surface area (Å²) in [5.41, 5.74) is 0.581. The van der Waals surface area contributed by atoms with Crippen LogP contribution in [0, 0.1) is 13.8 Å². The molecular formula is C13H21ClN2O3S. The second-order valence-electron chi connectivity index (χ2n) is 5.42. The van der Waals surface area contributed by atoms with Crippen molar-refractivity contribution in [3.05, 3.63) is 17.1 Å². The van der Waals surface area contributed by atoms with Gasteiger partial charge in [0.2, 0.25) is 10.0 Å². The van der Waals surface area contributed by atoms with Gasteiger partial charge in [0.25, 0.3) is 0 Å². The first-order valence-corrected chi connectivity index (χ1v) is 8.58. The van der Waals surface area contributed by atoms with Crippen molar-refractivity contribution in [2.24, 2.45) is 0 Å². The van der Waals surface area contributed by atoms with Crippen molar-refractivity contribution < 1.29 is 12.8 Å². The summed E-state index contributed by atoms with van der Waals surface area (Å²) in [5.74, 6) is 1.15. The number of furan rings is 1. The first-order valence-electron chi connectivity index (χ1n) is 6.60. The minimum absolute atomic E-state index is 0.142. The summed E-state index contributed by atoms with van der Waals surface area (Å²) < 4.78 is 32.6. The number of hydrogen-bond donors (Lipinski definition) is 0. The third-order valence-electron chi connectivity index (χ3n) is 3.91. The van der Waals surface area contributed by atoms with Crippen molar-refractivity contribution in [2.75, 3.05) is 27.2 Å². The summed E-state index contributed by atoms with van der Waals surface area (Å²) in [7, 11) is 0.412. The predicted octanol–water partition coefficient (Wildman–Crippen LogP) is 1.96. The van der Waals surface area contributed by atoms with Crippen LogP contribution in [0.5, 0.6) is 0 Å². The quantitative estimate of drug-likeness (QED) is 0.796. The average Bonchev–Trinajstić information content (AvgIpc) is 2.93. The monoisotopic (exact) mass is 320 g/mol. The van der Waals surface area contributed by atoms with Crippen LogP contribution in [-0.4, -0.2) is 50.8 Å². The van der Waals surface area contributed by atoms with Gasteiger partial charge in [-0.15, -0.1) is 11.6 Å². The highest BCUT2D eigenvalue weighted by Crippen LogP contribution is 2.32. The van der Waals surface area contributed by atoms with Gasteiger partial charge in [-0.3, -0.25) is 0 Å². The third kappa shape index (κ3) is 2.62. The van der Waals surface area contributed by atoms with Crippen LogP contribution in [0.15, 0.2) is 9.31 Å². The number of likely N-dealkylation sites (N-methyl/N-ethyl adjacent to an activating group) is 1. The Morgan fingerprint density at radius 3 is 2.50 bits per heavy atom. The largest absolute Gasteiger partial charge is 0.465 e. The molecule has 0 radical (unpaired) electrons.